The van der Waals surface area contributed by atoms with E-state index in [1.165, 1.54) is 11.2 Å². The third-order valence-electron chi connectivity index (χ3n) is 4.47. The molecule has 1 aliphatic heterocycles. The summed E-state index contributed by atoms with van der Waals surface area (Å²) in [5.41, 5.74) is 0.862. The van der Waals surface area contributed by atoms with E-state index in [0.717, 1.165) is 5.56 Å². The topological polar surface area (TPSA) is 103 Å². The van der Waals surface area contributed by atoms with E-state index in [0.29, 0.717) is 6.42 Å². The largest absolute Gasteiger partial charge is 0.459 e. The van der Waals surface area contributed by atoms with Crippen molar-refractivity contribution in [3.8, 4) is 0 Å². The summed E-state index contributed by atoms with van der Waals surface area (Å²) < 4.78 is 5.12. The smallest absolute Gasteiger partial charge is 0.289 e. The van der Waals surface area contributed by atoms with Crippen LogP contribution in [0.15, 0.2) is 53.1 Å². The number of amides is 2. The van der Waals surface area contributed by atoms with Crippen molar-refractivity contribution in [2.45, 2.75) is 31.1 Å². The molecule has 3 atom stereocenters. The van der Waals surface area contributed by atoms with Gasteiger partial charge in [0.2, 0.25) is 5.91 Å². The molecule has 1 fully saturated rings. The molecule has 1 aliphatic rings. The van der Waals surface area contributed by atoms with Crippen LogP contribution in [0.5, 0.6) is 0 Å². The number of carbonyl (C=O) groups is 2. The summed E-state index contributed by atoms with van der Waals surface area (Å²) in [5.74, 6) is -0.629. The molecule has 138 valence electrons. The average Bonchev–Trinajstić information content (AvgIpc) is 3.29. The zero-order chi connectivity index (χ0) is 18.5. The first-order chi connectivity index (χ1) is 12.5. The van der Waals surface area contributed by atoms with Crippen molar-refractivity contribution in [3.63, 3.8) is 0 Å². The SMILES string of the molecule is O=C(NC[C@@H]1C[C@@H](O)CN1C(=O)c1ccco1)[C@H](O)Cc1ccccc1. The molecule has 3 rings (SSSR count). The van der Waals surface area contributed by atoms with Crippen LogP contribution in [0.3, 0.4) is 0 Å². The molecule has 0 unspecified atom stereocenters. The van der Waals surface area contributed by atoms with Gasteiger partial charge in [-0.3, -0.25) is 9.59 Å². The molecule has 1 saturated heterocycles. The van der Waals surface area contributed by atoms with Crippen LogP contribution in [0, 0.1) is 0 Å². The Labute approximate surface area is 151 Å². The van der Waals surface area contributed by atoms with E-state index in [4.69, 9.17) is 4.42 Å². The molecule has 7 heteroatoms. The normalized spacial score (nSPS) is 20.8. The molecule has 0 bridgehead atoms. The monoisotopic (exact) mass is 358 g/mol. The predicted molar refractivity (Wildman–Crippen MR) is 93.3 cm³/mol. The molecule has 0 spiro atoms. The molecule has 1 aromatic heterocycles. The molecule has 3 N–H and O–H groups in total. The van der Waals surface area contributed by atoms with Crippen LogP contribution < -0.4 is 5.32 Å². The van der Waals surface area contributed by atoms with Crippen LogP contribution in [0.2, 0.25) is 0 Å². The van der Waals surface area contributed by atoms with Crippen molar-refractivity contribution in [1.29, 1.82) is 0 Å². The number of β-amino-alcohol motifs (C(OH)–C–C–N with tert-alkyl or cyclic N) is 1. The van der Waals surface area contributed by atoms with Gasteiger partial charge in [0.25, 0.3) is 5.91 Å². The molecular weight excluding hydrogens is 336 g/mol. The number of hydrogen-bond acceptors (Lipinski definition) is 5. The van der Waals surface area contributed by atoms with Gasteiger partial charge < -0.3 is 24.8 Å². The van der Waals surface area contributed by atoms with Crippen LogP contribution in [0.4, 0.5) is 0 Å². The van der Waals surface area contributed by atoms with E-state index >= 15 is 0 Å². The summed E-state index contributed by atoms with van der Waals surface area (Å²) in [6.45, 7) is 0.348. The Hall–Kier alpha value is -2.64. The lowest BCUT2D eigenvalue weighted by molar-refractivity contribution is -0.129. The minimum atomic E-state index is -1.17. The minimum Gasteiger partial charge on any atom is -0.459 e. The highest BCUT2D eigenvalue weighted by molar-refractivity contribution is 5.92. The van der Waals surface area contributed by atoms with Crippen molar-refractivity contribution in [3.05, 3.63) is 60.1 Å². The summed E-state index contributed by atoms with van der Waals surface area (Å²) in [6, 6.07) is 12.1. The Morgan fingerprint density at radius 2 is 2.00 bits per heavy atom. The quantitative estimate of drug-likeness (QED) is 0.701. The fraction of sp³-hybridized carbons (Fsp3) is 0.368. The molecule has 0 saturated carbocycles. The first-order valence-electron chi connectivity index (χ1n) is 8.57. The van der Waals surface area contributed by atoms with Crippen molar-refractivity contribution in [2.24, 2.45) is 0 Å². The lowest BCUT2D eigenvalue weighted by Crippen LogP contribution is -2.45. The number of aliphatic hydroxyl groups is 2. The molecule has 1 aromatic carbocycles. The number of likely N-dealkylation sites (tertiary alicyclic amines) is 1. The molecular formula is C19H22N2O5. The van der Waals surface area contributed by atoms with Crippen molar-refractivity contribution in [2.75, 3.05) is 13.1 Å². The molecule has 2 heterocycles. The van der Waals surface area contributed by atoms with Gasteiger partial charge in [0.05, 0.1) is 18.4 Å². The van der Waals surface area contributed by atoms with Gasteiger partial charge in [0, 0.05) is 19.5 Å². The Kier molecular flexibility index (Phi) is 5.70. The second kappa shape index (κ2) is 8.16. The van der Waals surface area contributed by atoms with Crippen molar-refractivity contribution < 1.29 is 24.2 Å². The van der Waals surface area contributed by atoms with Gasteiger partial charge in [-0.05, 0) is 24.1 Å². The highest BCUT2D eigenvalue weighted by Crippen LogP contribution is 2.20. The van der Waals surface area contributed by atoms with E-state index in [-0.39, 0.29) is 37.2 Å². The summed E-state index contributed by atoms with van der Waals surface area (Å²) in [4.78, 5) is 26.1. The van der Waals surface area contributed by atoms with Gasteiger partial charge >= 0.3 is 0 Å². The number of benzene rings is 1. The van der Waals surface area contributed by atoms with E-state index in [1.807, 2.05) is 30.3 Å². The zero-order valence-corrected chi connectivity index (χ0v) is 14.2. The fourth-order valence-electron chi connectivity index (χ4n) is 3.14. The predicted octanol–water partition coefficient (Wildman–Crippen LogP) is 0.575. The molecule has 2 aromatic rings. The first kappa shape index (κ1) is 18.2. The highest BCUT2D eigenvalue weighted by Gasteiger charge is 2.36. The van der Waals surface area contributed by atoms with E-state index in [2.05, 4.69) is 5.32 Å². The second-order valence-electron chi connectivity index (χ2n) is 6.43. The zero-order valence-electron chi connectivity index (χ0n) is 14.2. The second-order valence-corrected chi connectivity index (χ2v) is 6.43. The number of nitrogens with one attached hydrogen (secondary N) is 1. The Balaban J connectivity index is 1.55. The first-order valence-corrected chi connectivity index (χ1v) is 8.57. The van der Waals surface area contributed by atoms with Gasteiger partial charge in [-0.2, -0.15) is 0 Å². The van der Waals surface area contributed by atoms with Gasteiger partial charge in [-0.15, -0.1) is 0 Å². The average molecular weight is 358 g/mol. The standard InChI is InChI=1S/C19H22N2O5/c22-15-10-14(21(12-15)19(25)17-7-4-8-26-17)11-20-18(24)16(23)9-13-5-2-1-3-6-13/h1-8,14-16,22-23H,9-12H2,(H,20,24)/t14-,15+,16+/m0/s1. The maximum absolute atomic E-state index is 12.4. The lowest BCUT2D eigenvalue weighted by atomic mass is 10.1. The Morgan fingerprint density at radius 3 is 2.69 bits per heavy atom. The minimum absolute atomic E-state index is 0.161. The fourth-order valence-corrected chi connectivity index (χ4v) is 3.14. The lowest BCUT2D eigenvalue weighted by Gasteiger charge is -2.24. The number of nitrogens with zero attached hydrogens (tertiary/aromatic N) is 1. The number of aliphatic hydroxyl groups excluding tert-OH is 2. The molecule has 26 heavy (non-hydrogen) atoms. The maximum atomic E-state index is 12.4. The van der Waals surface area contributed by atoms with E-state index in [1.54, 1.807) is 12.1 Å². The molecule has 0 radical (unpaired) electrons. The van der Waals surface area contributed by atoms with Crippen molar-refractivity contribution in [1.82, 2.24) is 10.2 Å². The van der Waals surface area contributed by atoms with Crippen LogP contribution in [-0.4, -0.2) is 58.3 Å². The third-order valence-corrected chi connectivity index (χ3v) is 4.47. The summed E-state index contributed by atoms with van der Waals surface area (Å²) in [6.07, 6.45) is 0.176. The van der Waals surface area contributed by atoms with Crippen LogP contribution in [0.25, 0.3) is 0 Å². The van der Waals surface area contributed by atoms with Crippen LogP contribution in [0.1, 0.15) is 22.5 Å². The van der Waals surface area contributed by atoms with Crippen LogP contribution in [-0.2, 0) is 11.2 Å². The van der Waals surface area contributed by atoms with Gasteiger partial charge in [-0.25, -0.2) is 0 Å². The van der Waals surface area contributed by atoms with Crippen molar-refractivity contribution >= 4 is 11.8 Å². The van der Waals surface area contributed by atoms with Gasteiger partial charge in [0.1, 0.15) is 6.10 Å². The molecule has 0 aliphatic carbocycles. The summed E-state index contributed by atoms with van der Waals surface area (Å²) in [7, 11) is 0. The van der Waals surface area contributed by atoms with Gasteiger partial charge in [-0.1, -0.05) is 30.3 Å². The highest BCUT2D eigenvalue weighted by atomic mass is 16.3. The summed E-state index contributed by atoms with van der Waals surface area (Å²) >= 11 is 0. The molecule has 2 amide bonds. The Morgan fingerprint density at radius 1 is 1.23 bits per heavy atom. The molecule has 7 nitrogen and oxygen atoms in total. The number of hydrogen-bond donors (Lipinski definition) is 3. The van der Waals surface area contributed by atoms with E-state index < -0.39 is 18.1 Å². The third kappa shape index (κ3) is 4.30. The summed E-state index contributed by atoms with van der Waals surface area (Å²) in [5, 5.41) is 22.6. The number of rotatable bonds is 6. The van der Waals surface area contributed by atoms with Crippen LogP contribution >= 0.6 is 0 Å². The Bertz CT molecular complexity index is 732. The number of carbonyl (C=O) groups excluding carboxylic acids is 2. The number of furan rings is 1. The van der Waals surface area contributed by atoms with E-state index in [9.17, 15) is 19.8 Å². The maximum Gasteiger partial charge on any atom is 0.289 e. The van der Waals surface area contributed by atoms with Gasteiger partial charge in [0.15, 0.2) is 5.76 Å².